The number of amides is 1. The summed E-state index contributed by atoms with van der Waals surface area (Å²) >= 11 is 0. The van der Waals surface area contributed by atoms with Crippen molar-refractivity contribution < 1.29 is 4.79 Å². The highest BCUT2D eigenvalue weighted by Gasteiger charge is 2.21. The lowest BCUT2D eigenvalue weighted by molar-refractivity contribution is -0.133. The molecule has 1 aromatic heterocycles. The SMILES string of the molecule is CC(N)CC(=O)N1CCn2ccnc2C1. The molecule has 1 unspecified atom stereocenters. The van der Waals surface area contributed by atoms with E-state index in [1.165, 1.54) is 0 Å². The Balaban J connectivity index is 2.00. The minimum atomic E-state index is -0.0702. The molecule has 0 fully saturated rings. The second-order valence-electron chi connectivity index (χ2n) is 4.03. The second-order valence-corrected chi connectivity index (χ2v) is 4.03. The van der Waals surface area contributed by atoms with Gasteiger partial charge >= 0.3 is 0 Å². The zero-order valence-electron chi connectivity index (χ0n) is 8.89. The van der Waals surface area contributed by atoms with Crippen LogP contribution in [-0.2, 0) is 17.9 Å². The predicted octanol–water partition coefficient (Wildman–Crippen LogP) is -0.0374. The third kappa shape index (κ3) is 2.18. The maximum absolute atomic E-state index is 11.7. The number of nitrogens with zero attached hydrogens (tertiary/aromatic N) is 3. The third-order valence-corrected chi connectivity index (χ3v) is 2.59. The van der Waals surface area contributed by atoms with Gasteiger partial charge in [0.15, 0.2) is 0 Å². The zero-order valence-corrected chi connectivity index (χ0v) is 8.89. The van der Waals surface area contributed by atoms with E-state index in [1.807, 2.05) is 18.0 Å². The summed E-state index contributed by atoms with van der Waals surface area (Å²) in [5, 5.41) is 0. The van der Waals surface area contributed by atoms with E-state index in [9.17, 15) is 4.79 Å². The van der Waals surface area contributed by atoms with Crippen LogP contribution in [0.2, 0.25) is 0 Å². The van der Waals surface area contributed by atoms with Gasteiger partial charge < -0.3 is 15.2 Å². The van der Waals surface area contributed by atoms with Crippen LogP contribution in [-0.4, -0.2) is 32.9 Å². The molecule has 2 rings (SSSR count). The van der Waals surface area contributed by atoms with Gasteiger partial charge in [0.25, 0.3) is 0 Å². The highest BCUT2D eigenvalue weighted by molar-refractivity contribution is 5.76. The highest BCUT2D eigenvalue weighted by atomic mass is 16.2. The van der Waals surface area contributed by atoms with E-state index in [0.29, 0.717) is 13.0 Å². The lowest BCUT2D eigenvalue weighted by atomic mass is 10.2. The summed E-state index contributed by atoms with van der Waals surface area (Å²) in [4.78, 5) is 17.8. The van der Waals surface area contributed by atoms with Crippen molar-refractivity contribution in [1.82, 2.24) is 14.5 Å². The molecule has 5 heteroatoms. The first kappa shape index (κ1) is 10.2. The topological polar surface area (TPSA) is 64.2 Å². The van der Waals surface area contributed by atoms with Gasteiger partial charge in [-0.2, -0.15) is 0 Å². The van der Waals surface area contributed by atoms with Crippen molar-refractivity contribution in [2.24, 2.45) is 5.73 Å². The van der Waals surface area contributed by atoms with Gasteiger partial charge in [-0.25, -0.2) is 4.98 Å². The maximum atomic E-state index is 11.7. The van der Waals surface area contributed by atoms with Crippen LogP contribution >= 0.6 is 0 Å². The molecule has 15 heavy (non-hydrogen) atoms. The molecule has 82 valence electrons. The summed E-state index contributed by atoms with van der Waals surface area (Å²) in [6, 6.07) is -0.0702. The molecule has 1 aromatic rings. The maximum Gasteiger partial charge on any atom is 0.224 e. The Hall–Kier alpha value is -1.36. The molecule has 0 radical (unpaired) electrons. The average molecular weight is 208 g/mol. The average Bonchev–Trinajstić information content (AvgIpc) is 2.62. The number of hydrogen-bond donors (Lipinski definition) is 1. The van der Waals surface area contributed by atoms with Crippen LogP contribution < -0.4 is 5.73 Å². The molecular weight excluding hydrogens is 192 g/mol. The molecule has 5 nitrogen and oxygen atoms in total. The molecule has 2 N–H and O–H groups in total. The number of fused-ring (bicyclic) bond motifs is 1. The van der Waals surface area contributed by atoms with Crippen molar-refractivity contribution in [2.75, 3.05) is 6.54 Å². The molecule has 1 amide bonds. The number of carbonyl (C=O) groups is 1. The van der Waals surface area contributed by atoms with Crippen LogP contribution in [0, 0.1) is 0 Å². The highest BCUT2D eigenvalue weighted by Crippen LogP contribution is 2.11. The van der Waals surface area contributed by atoms with E-state index in [1.54, 1.807) is 6.20 Å². The minimum Gasteiger partial charge on any atom is -0.333 e. The largest absolute Gasteiger partial charge is 0.333 e. The Kier molecular flexibility index (Phi) is 2.73. The normalized spacial score (nSPS) is 17.3. The van der Waals surface area contributed by atoms with Crippen LogP contribution in [0.3, 0.4) is 0 Å². The van der Waals surface area contributed by atoms with Crippen LogP contribution in [0.4, 0.5) is 0 Å². The molecule has 0 aromatic carbocycles. The number of nitrogens with two attached hydrogens (primary N) is 1. The van der Waals surface area contributed by atoms with E-state index >= 15 is 0 Å². The first-order valence-corrected chi connectivity index (χ1v) is 5.20. The van der Waals surface area contributed by atoms with Gasteiger partial charge in [0.1, 0.15) is 5.82 Å². The first-order valence-electron chi connectivity index (χ1n) is 5.20. The number of aromatic nitrogens is 2. The molecule has 0 saturated heterocycles. The predicted molar refractivity (Wildman–Crippen MR) is 55.9 cm³/mol. The molecule has 0 aliphatic carbocycles. The van der Waals surface area contributed by atoms with Crippen LogP contribution in [0.5, 0.6) is 0 Å². The van der Waals surface area contributed by atoms with Crippen molar-refractivity contribution in [3.63, 3.8) is 0 Å². The zero-order chi connectivity index (χ0) is 10.8. The number of rotatable bonds is 2. The Morgan fingerprint density at radius 2 is 2.47 bits per heavy atom. The van der Waals surface area contributed by atoms with Crippen molar-refractivity contribution in [3.05, 3.63) is 18.2 Å². The van der Waals surface area contributed by atoms with Crippen LogP contribution in [0.25, 0.3) is 0 Å². The number of hydrogen-bond acceptors (Lipinski definition) is 3. The summed E-state index contributed by atoms with van der Waals surface area (Å²) in [6.45, 7) is 4.05. The molecule has 0 saturated carbocycles. The molecule has 0 bridgehead atoms. The minimum absolute atomic E-state index is 0.0702. The summed E-state index contributed by atoms with van der Waals surface area (Å²) in [5.41, 5.74) is 5.61. The van der Waals surface area contributed by atoms with Crippen molar-refractivity contribution >= 4 is 5.91 Å². The Morgan fingerprint density at radius 3 is 3.20 bits per heavy atom. The first-order chi connectivity index (χ1) is 7.16. The molecular formula is C10H16N4O. The fourth-order valence-electron chi connectivity index (χ4n) is 1.79. The van der Waals surface area contributed by atoms with E-state index in [0.717, 1.165) is 18.9 Å². The van der Waals surface area contributed by atoms with Gasteiger partial charge in [-0.1, -0.05) is 0 Å². The summed E-state index contributed by atoms with van der Waals surface area (Å²) < 4.78 is 2.08. The van der Waals surface area contributed by atoms with Crippen molar-refractivity contribution in [2.45, 2.75) is 32.5 Å². The summed E-state index contributed by atoms with van der Waals surface area (Å²) in [5.74, 6) is 1.08. The molecule has 2 heterocycles. The van der Waals surface area contributed by atoms with Crippen LogP contribution in [0.1, 0.15) is 19.2 Å². The Morgan fingerprint density at radius 1 is 1.67 bits per heavy atom. The van der Waals surface area contributed by atoms with Gasteiger partial charge in [0, 0.05) is 37.9 Å². The smallest absolute Gasteiger partial charge is 0.224 e. The molecule has 1 aliphatic heterocycles. The Bertz CT molecular complexity index is 358. The van der Waals surface area contributed by atoms with E-state index in [-0.39, 0.29) is 11.9 Å². The van der Waals surface area contributed by atoms with E-state index < -0.39 is 0 Å². The molecule has 1 atom stereocenters. The monoisotopic (exact) mass is 208 g/mol. The van der Waals surface area contributed by atoms with Gasteiger partial charge in [0.05, 0.1) is 6.54 Å². The lowest BCUT2D eigenvalue weighted by Crippen LogP contribution is -2.40. The van der Waals surface area contributed by atoms with Gasteiger partial charge in [-0.05, 0) is 6.92 Å². The standard InChI is InChI=1S/C10H16N4O/c1-8(11)6-10(15)14-5-4-13-3-2-12-9(13)7-14/h2-3,8H,4-7,11H2,1H3. The summed E-state index contributed by atoms with van der Waals surface area (Å²) in [7, 11) is 0. The summed E-state index contributed by atoms with van der Waals surface area (Å²) in [6.07, 6.45) is 4.14. The Labute approximate surface area is 88.9 Å². The fraction of sp³-hybridized carbons (Fsp3) is 0.600. The quantitative estimate of drug-likeness (QED) is 0.742. The van der Waals surface area contributed by atoms with Crippen LogP contribution in [0.15, 0.2) is 12.4 Å². The van der Waals surface area contributed by atoms with Gasteiger partial charge in [-0.15, -0.1) is 0 Å². The number of imidazole rings is 1. The second kappa shape index (κ2) is 4.02. The van der Waals surface area contributed by atoms with Crippen molar-refractivity contribution in [1.29, 1.82) is 0 Å². The van der Waals surface area contributed by atoms with Gasteiger partial charge in [-0.3, -0.25) is 4.79 Å². The number of carbonyl (C=O) groups excluding carboxylic acids is 1. The van der Waals surface area contributed by atoms with E-state index in [2.05, 4.69) is 9.55 Å². The fourth-order valence-corrected chi connectivity index (χ4v) is 1.79. The van der Waals surface area contributed by atoms with Crippen molar-refractivity contribution in [3.8, 4) is 0 Å². The van der Waals surface area contributed by atoms with E-state index in [4.69, 9.17) is 5.73 Å². The molecule has 0 spiro atoms. The third-order valence-electron chi connectivity index (χ3n) is 2.59. The molecule has 1 aliphatic rings. The van der Waals surface area contributed by atoms with Gasteiger partial charge in [0.2, 0.25) is 5.91 Å². The lowest BCUT2D eigenvalue weighted by Gasteiger charge is -2.28.